The lowest BCUT2D eigenvalue weighted by Crippen LogP contribution is -2.31. The van der Waals surface area contributed by atoms with Crippen molar-refractivity contribution in [2.24, 2.45) is 0 Å². The molecule has 5 heteroatoms. The Kier molecular flexibility index (Phi) is 8.78. The molecule has 2 N–H and O–H groups in total. The van der Waals surface area contributed by atoms with Crippen molar-refractivity contribution in [2.45, 2.75) is 31.6 Å². The van der Waals surface area contributed by atoms with Crippen LogP contribution in [0.3, 0.4) is 0 Å². The van der Waals surface area contributed by atoms with E-state index in [9.17, 15) is 9.90 Å². The predicted octanol–water partition coefficient (Wildman–Crippen LogP) is 9.68. The minimum Gasteiger partial charge on any atom is -0.507 e. The first kappa shape index (κ1) is 28.5. The predicted molar refractivity (Wildman–Crippen MR) is 169 cm³/mol. The maximum Gasteiger partial charge on any atom is 0.260 e. The molecule has 0 unspecified atom stereocenters. The number of carbonyl (C=O) groups is 1. The highest BCUT2D eigenvalue weighted by Gasteiger charge is 2.39. The molecule has 5 rings (SSSR count). The molecule has 0 aliphatic rings. The minimum atomic E-state index is -0.710. The maximum absolute atomic E-state index is 13.3. The zero-order valence-electron chi connectivity index (χ0n) is 22.8. The van der Waals surface area contributed by atoms with Gasteiger partial charge in [-0.3, -0.25) is 4.79 Å². The van der Waals surface area contributed by atoms with Crippen molar-refractivity contribution in [3.63, 3.8) is 0 Å². The van der Waals surface area contributed by atoms with E-state index in [1.165, 1.54) is 0 Å². The van der Waals surface area contributed by atoms with Gasteiger partial charge >= 0.3 is 0 Å². The Morgan fingerprint density at radius 1 is 0.707 bits per heavy atom. The van der Waals surface area contributed by atoms with Crippen LogP contribution in [0.4, 0.5) is 5.69 Å². The van der Waals surface area contributed by atoms with E-state index < -0.39 is 11.3 Å². The molecule has 0 bridgehead atoms. The van der Waals surface area contributed by atoms with E-state index in [0.717, 1.165) is 35.1 Å². The van der Waals surface area contributed by atoms with Crippen molar-refractivity contribution in [1.29, 1.82) is 0 Å². The van der Waals surface area contributed by atoms with Crippen LogP contribution in [0.2, 0.25) is 10.0 Å². The number of unbranched alkanes of at least 4 members (excludes halogenated alkanes) is 1. The number of carbonyl (C=O) groups excluding carboxylic acids is 1. The number of hydrogen-bond acceptors (Lipinski definition) is 2. The summed E-state index contributed by atoms with van der Waals surface area (Å²) >= 11 is 13.3. The van der Waals surface area contributed by atoms with Gasteiger partial charge in [-0.2, -0.15) is 0 Å². The van der Waals surface area contributed by atoms with E-state index in [1.807, 2.05) is 78.9 Å². The third-order valence-electron chi connectivity index (χ3n) is 7.50. The van der Waals surface area contributed by atoms with E-state index in [1.54, 1.807) is 12.1 Å². The monoisotopic (exact) mass is 579 g/mol. The number of rotatable bonds is 9. The largest absolute Gasteiger partial charge is 0.507 e. The first-order valence-electron chi connectivity index (χ1n) is 13.7. The van der Waals surface area contributed by atoms with Crippen LogP contribution in [0.1, 0.15) is 57.9 Å². The van der Waals surface area contributed by atoms with Gasteiger partial charge in [-0.15, -0.1) is 0 Å². The van der Waals surface area contributed by atoms with Gasteiger partial charge in [0.1, 0.15) is 11.3 Å². The fourth-order valence-corrected chi connectivity index (χ4v) is 6.02. The molecular formula is C36H31Cl2NO2. The van der Waals surface area contributed by atoms with E-state index in [2.05, 4.69) is 42.6 Å². The Balaban J connectivity index is 1.59. The number of amides is 1. The van der Waals surface area contributed by atoms with Crippen molar-refractivity contribution in [3.05, 3.63) is 165 Å². The third kappa shape index (κ3) is 5.61. The van der Waals surface area contributed by atoms with Crippen molar-refractivity contribution in [3.8, 4) is 5.75 Å². The van der Waals surface area contributed by atoms with Gasteiger partial charge < -0.3 is 10.4 Å². The lowest BCUT2D eigenvalue weighted by Gasteiger charge is -2.37. The van der Waals surface area contributed by atoms with Crippen LogP contribution in [0.15, 0.2) is 121 Å². The van der Waals surface area contributed by atoms with Crippen LogP contribution in [-0.4, -0.2) is 11.0 Å². The van der Waals surface area contributed by atoms with Crippen molar-refractivity contribution in [1.82, 2.24) is 0 Å². The van der Waals surface area contributed by atoms with E-state index in [4.69, 9.17) is 23.2 Å². The van der Waals surface area contributed by atoms with Gasteiger partial charge in [0, 0.05) is 10.7 Å². The highest BCUT2D eigenvalue weighted by Crippen LogP contribution is 2.47. The number of nitrogens with one attached hydrogen (secondary N) is 1. The van der Waals surface area contributed by atoms with Gasteiger partial charge in [-0.05, 0) is 64.9 Å². The summed E-state index contributed by atoms with van der Waals surface area (Å²) in [6.07, 6.45) is 2.57. The molecule has 0 radical (unpaired) electrons. The van der Waals surface area contributed by atoms with Crippen LogP contribution >= 0.6 is 23.2 Å². The average molecular weight is 581 g/mol. The minimum absolute atomic E-state index is 0.0639. The number of hydrogen-bond donors (Lipinski definition) is 2. The highest BCUT2D eigenvalue weighted by molar-refractivity contribution is 6.35. The number of aromatic hydroxyl groups is 1. The summed E-state index contributed by atoms with van der Waals surface area (Å²) in [7, 11) is 0. The van der Waals surface area contributed by atoms with Crippen LogP contribution in [0, 0.1) is 0 Å². The van der Waals surface area contributed by atoms with Gasteiger partial charge in [0.25, 0.3) is 5.91 Å². The number of phenols is 1. The summed E-state index contributed by atoms with van der Waals surface area (Å²) < 4.78 is 0. The first-order valence-corrected chi connectivity index (χ1v) is 14.5. The summed E-state index contributed by atoms with van der Waals surface area (Å²) in [4.78, 5) is 13.3. The van der Waals surface area contributed by atoms with Crippen LogP contribution in [-0.2, 0) is 11.8 Å². The van der Waals surface area contributed by atoms with Crippen LogP contribution < -0.4 is 5.32 Å². The van der Waals surface area contributed by atoms with Gasteiger partial charge in [0.05, 0.1) is 10.4 Å². The molecule has 3 nitrogen and oxygen atoms in total. The van der Waals surface area contributed by atoms with Gasteiger partial charge in [-0.25, -0.2) is 0 Å². The van der Waals surface area contributed by atoms with E-state index in [-0.39, 0.29) is 16.3 Å². The topological polar surface area (TPSA) is 49.3 Å². The Morgan fingerprint density at radius 2 is 1.27 bits per heavy atom. The number of benzene rings is 5. The normalized spacial score (nSPS) is 11.3. The quantitative estimate of drug-likeness (QED) is 0.171. The Morgan fingerprint density at radius 3 is 1.85 bits per heavy atom. The molecule has 0 saturated heterocycles. The molecule has 0 spiro atoms. The van der Waals surface area contributed by atoms with Crippen molar-refractivity contribution < 1.29 is 9.90 Å². The van der Waals surface area contributed by atoms with Crippen LogP contribution in [0.25, 0.3) is 0 Å². The van der Waals surface area contributed by atoms with E-state index >= 15 is 0 Å². The maximum atomic E-state index is 13.3. The van der Waals surface area contributed by atoms with E-state index in [0.29, 0.717) is 22.7 Å². The van der Waals surface area contributed by atoms with Gasteiger partial charge in [0.15, 0.2) is 0 Å². The summed E-state index contributed by atoms with van der Waals surface area (Å²) in [6.45, 7) is 2.08. The Bertz CT molecular complexity index is 1590. The Labute approximate surface area is 251 Å². The van der Waals surface area contributed by atoms with Crippen molar-refractivity contribution >= 4 is 34.8 Å². The lowest BCUT2D eigenvalue weighted by molar-refractivity contribution is 0.102. The molecule has 1 amide bonds. The molecule has 0 fully saturated rings. The standard InChI is InChI=1S/C36H31Cl2NO2/c1-2-3-12-25-19-24-32(38)33(34(25)40)35(41)39-29-22-20-28(21-23-29)36(26-13-6-4-7-14-26,27-15-8-5-9-16-27)30-17-10-11-18-31(30)37/h4-11,13-24,40H,2-3,12H2,1H3,(H,39,41). The zero-order valence-corrected chi connectivity index (χ0v) is 24.3. The highest BCUT2D eigenvalue weighted by atomic mass is 35.5. The summed E-state index contributed by atoms with van der Waals surface area (Å²) in [6, 6.07) is 39.7. The average Bonchev–Trinajstić information content (AvgIpc) is 3.00. The lowest BCUT2D eigenvalue weighted by atomic mass is 9.65. The summed E-state index contributed by atoms with van der Waals surface area (Å²) in [5, 5.41) is 14.6. The summed E-state index contributed by atoms with van der Waals surface area (Å²) in [5.41, 5.74) is 4.75. The molecule has 5 aromatic carbocycles. The SMILES string of the molecule is CCCCc1ccc(Cl)c(C(=O)Nc2ccc(C(c3ccccc3)(c3ccccc3)c3ccccc3Cl)cc2)c1O. The summed E-state index contributed by atoms with van der Waals surface area (Å²) in [5.74, 6) is -0.520. The van der Waals surface area contributed by atoms with Crippen molar-refractivity contribution in [2.75, 3.05) is 5.32 Å². The molecule has 0 heterocycles. The molecule has 5 aromatic rings. The molecule has 206 valence electrons. The number of halogens is 2. The van der Waals surface area contributed by atoms with Gasteiger partial charge in [-0.1, -0.05) is 134 Å². The zero-order chi connectivity index (χ0) is 28.8. The molecule has 0 atom stereocenters. The number of phenolic OH excluding ortho intramolecular Hbond substituents is 1. The second kappa shape index (κ2) is 12.6. The Hall–Kier alpha value is -4.05. The molecule has 41 heavy (non-hydrogen) atoms. The third-order valence-corrected chi connectivity index (χ3v) is 8.15. The number of anilines is 1. The van der Waals surface area contributed by atoms with Gasteiger partial charge in [0.2, 0.25) is 0 Å². The second-order valence-electron chi connectivity index (χ2n) is 10.0. The molecule has 0 aromatic heterocycles. The smallest absolute Gasteiger partial charge is 0.260 e. The number of aryl methyl sites for hydroxylation is 1. The molecule has 0 aliphatic heterocycles. The molecular weight excluding hydrogens is 549 g/mol. The fraction of sp³-hybridized carbons (Fsp3) is 0.139. The first-order chi connectivity index (χ1) is 20.0. The molecule has 0 saturated carbocycles. The van der Waals surface area contributed by atoms with Crippen LogP contribution in [0.5, 0.6) is 5.75 Å². The second-order valence-corrected chi connectivity index (χ2v) is 10.8. The fourth-order valence-electron chi connectivity index (χ4n) is 5.50. The molecule has 0 aliphatic carbocycles.